The zero-order chi connectivity index (χ0) is 19.7. The average molecular weight is 382 g/mol. The number of rotatable bonds is 5. The highest BCUT2D eigenvalue weighted by Crippen LogP contribution is 2.28. The topological polar surface area (TPSA) is 104 Å². The molecule has 0 bridgehead atoms. The predicted octanol–water partition coefficient (Wildman–Crippen LogP) is 2.90. The van der Waals surface area contributed by atoms with Gasteiger partial charge in [0, 0.05) is 18.8 Å². The smallest absolute Gasteiger partial charge is 0.326 e. The van der Waals surface area contributed by atoms with Crippen LogP contribution < -0.4 is 5.69 Å². The Morgan fingerprint density at radius 3 is 2.39 bits per heavy atom. The van der Waals surface area contributed by atoms with Gasteiger partial charge in [-0.3, -0.25) is 9.97 Å². The molecule has 0 amide bonds. The van der Waals surface area contributed by atoms with Gasteiger partial charge < -0.3 is 9.84 Å². The van der Waals surface area contributed by atoms with E-state index in [1.54, 1.807) is 13.8 Å². The molecule has 1 aliphatic heterocycles. The highest BCUT2D eigenvalue weighted by molar-refractivity contribution is 5.72. The molecule has 1 saturated heterocycles. The second-order valence-electron chi connectivity index (χ2n) is 8.03. The van der Waals surface area contributed by atoms with E-state index in [1.807, 2.05) is 24.3 Å². The summed E-state index contributed by atoms with van der Waals surface area (Å²) in [5.41, 5.74) is 3.16. The SMILES string of the molecule is CC(C)(O)c1ccc(-c2nc3[nH]c(=O)[nH]c3nc2CCC2CCOCC2)cc1. The van der Waals surface area contributed by atoms with Crippen LogP contribution in [-0.2, 0) is 16.8 Å². The quantitative estimate of drug-likeness (QED) is 0.629. The Balaban J connectivity index is 1.69. The van der Waals surface area contributed by atoms with E-state index in [0.29, 0.717) is 17.2 Å². The number of nitrogens with zero attached hydrogens (tertiary/aromatic N) is 2. The minimum atomic E-state index is -0.897. The van der Waals surface area contributed by atoms with Gasteiger partial charge in [-0.15, -0.1) is 0 Å². The lowest BCUT2D eigenvalue weighted by Crippen LogP contribution is -2.16. The Morgan fingerprint density at radius 1 is 1.11 bits per heavy atom. The number of hydrogen-bond acceptors (Lipinski definition) is 5. The van der Waals surface area contributed by atoms with Gasteiger partial charge >= 0.3 is 5.69 Å². The minimum Gasteiger partial charge on any atom is -0.386 e. The average Bonchev–Trinajstić information content (AvgIpc) is 3.05. The van der Waals surface area contributed by atoms with Crippen LogP contribution in [0.25, 0.3) is 22.6 Å². The van der Waals surface area contributed by atoms with Crippen molar-refractivity contribution in [1.82, 2.24) is 19.9 Å². The molecule has 0 atom stereocenters. The number of fused-ring (bicyclic) bond motifs is 1. The first kappa shape index (κ1) is 18.8. The Hall–Kier alpha value is -2.51. The molecule has 7 heteroatoms. The third-order valence-corrected chi connectivity index (χ3v) is 5.43. The Bertz CT molecular complexity index is 1010. The summed E-state index contributed by atoms with van der Waals surface area (Å²) in [4.78, 5) is 26.5. The summed E-state index contributed by atoms with van der Waals surface area (Å²) < 4.78 is 5.45. The summed E-state index contributed by atoms with van der Waals surface area (Å²) in [5.74, 6) is 0.627. The Kier molecular flexibility index (Phi) is 5.03. The zero-order valence-corrected chi connectivity index (χ0v) is 16.3. The minimum absolute atomic E-state index is 0.306. The van der Waals surface area contributed by atoms with Crippen molar-refractivity contribution in [3.8, 4) is 11.3 Å². The van der Waals surface area contributed by atoms with Crippen LogP contribution in [0.15, 0.2) is 29.1 Å². The predicted molar refractivity (Wildman–Crippen MR) is 107 cm³/mol. The van der Waals surface area contributed by atoms with Crippen LogP contribution in [0, 0.1) is 5.92 Å². The number of aromatic amines is 2. The van der Waals surface area contributed by atoms with Crippen molar-refractivity contribution in [2.75, 3.05) is 13.2 Å². The van der Waals surface area contributed by atoms with Gasteiger partial charge in [0.25, 0.3) is 0 Å². The summed E-state index contributed by atoms with van der Waals surface area (Å²) in [5, 5.41) is 10.2. The molecule has 3 N–H and O–H groups in total. The first-order valence-corrected chi connectivity index (χ1v) is 9.80. The molecule has 0 aliphatic carbocycles. The van der Waals surface area contributed by atoms with E-state index in [-0.39, 0.29) is 5.69 Å². The van der Waals surface area contributed by atoms with Crippen molar-refractivity contribution in [2.24, 2.45) is 5.92 Å². The fraction of sp³-hybridized carbons (Fsp3) is 0.476. The third kappa shape index (κ3) is 4.00. The summed E-state index contributed by atoms with van der Waals surface area (Å²) in [6, 6.07) is 7.71. The van der Waals surface area contributed by atoms with Crippen molar-refractivity contribution in [2.45, 2.75) is 45.1 Å². The Morgan fingerprint density at radius 2 is 1.75 bits per heavy atom. The molecule has 0 saturated carbocycles. The van der Waals surface area contributed by atoms with Crippen LogP contribution in [0.5, 0.6) is 0 Å². The number of benzene rings is 1. The number of H-pyrrole nitrogens is 2. The lowest BCUT2D eigenvalue weighted by atomic mass is 9.92. The molecule has 0 radical (unpaired) electrons. The number of hydrogen-bond donors (Lipinski definition) is 3. The van der Waals surface area contributed by atoms with Crippen molar-refractivity contribution in [3.63, 3.8) is 0 Å². The fourth-order valence-electron chi connectivity index (χ4n) is 3.71. The van der Waals surface area contributed by atoms with E-state index in [0.717, 1.165) is 61.4 Å². The van der Waals surface area contributed by atoms with E-state index < -0.39 is 5.60 Å². The van der Waals surface area contributed by atoms with E-state index in [9.17, 15) is 9.90 Å². The summed E-state index contributed by atoms with van der Waals surface area (Å²) in [6.45, 7) is 5.17. The number of aryl methyl sites for hydroxylation is 1. The molecule has 2 aromatic heterocycles. The van der Waals surface area contributed by atoms with Crippen molar-refractivity contribution < 1.29 is 9.84 Å². The molecule has 3 heterocycles. The van der Waals surface area contributed by atoms with E-state index in [2.05, 4.69) is 15.0 Å². The molecule has 1 aromatic carbocycles. The lowest BCUT2D eigenvalue weighted by molar-refractivity contribution is 0.0639. The molecule has 28 heavy (non-hydrogen) atoms. The largest absolute Gasteiger partial charge is 0.386 e. The van der Waals surface area contributed by atoms with Crippen LogP contribution >= 0.6 is 0 Å². The van der Waals surface area contributed by atoms with E-state index >= 15 is 0 Å². The molecule has 4 rings (SSSR count). The van der Waals surface area contributed by atoms with Crippen LogP contribution in [0.1, 0.15) is 44.4 Å². The number of ether oxygens (including phenoxy) is 1. The van der Waals surface area contributed by atoms with Gasteiger partial charge in [-0.2, -0.15) is 0 Å². The van der Waals surface area contributed by atoms with Gasteiger partial charge in [-0.1, -0.05) is 24.3 Å². The maximum atomic E-state index is 11.7. The number of aromatic nitrogens is 4. The first-order valence-electron chi connectivity index (χ1n) is 9.80. The Labute approximate surface area is 163 Å². The highest BCUT2D eigenvalue weighted by Gasteiger charge is 2.19. The molecule has 1 aliphatic rings. The maximum Gasteiger partial charge on any atom is 0.326 e. The maximum absolute atomic E-state index is 11.7. The number of nitrogens with one attached hydrogen (secondary N) is 2. The molecule has 7 nitrogen and oxygen atoms in total. The second kappa shape index (κ2) is 7.48. The van der Waals surface area contributed by atoms with Crippen molar-refractivity contribution >= 4 is 11.3 Å². The first-order chi connectivity index (χ1) is 13.4. The van der Waals surface area contributed by atoms with Gasteiger partial charge in [-0.05, 0) is 51.0 Å². The van der Waals surface area contributed by atoms with E-state index in [4.69, 9.17) is 9.72 Å². The molecule has 1 fully saturated rings. The molecule has 0 spiro atoms. The van der Waals surface area contributed by atoms with Gasteiger partial charge in [0.15, 0.2) is 11.3 Å². The molecular weight excluding hydrogens is 356 g/mol. The fourth-order valence-corrected chi connectivity index (χ4v) is 3.71. The van der Waals surface area contributed by atoms with Crippen LogP contribution in [0.2, 0.25) is 0 Å². The van der Waals surface area contributed by atoms with Crippen molar-refractivity contribution in [1.29, 1.82) is 0 Å². The van der Waals surface area contributed by atoms with Crippen LogP contribution in [-0.4, -0.2) is 38.3 Å². The normalized spacial score (nSPS) is 16.0. The van der Waals surface area contributed by atoms with Crippen molar-refractivity contribution in [3.05, 3.63) is 46.0 Å². The van der Waals surface area contributed by atoms with Gasteiger partial charge in [-0.25, -0.2) is 14.8 Å². The lowest BCUT2D eigenvalue weighted by Gasteiger charge is -2.22. The highest BCUT2D eigenvalue weighted by atomic mass is 16.5. The molecule has 148 valence electrons. The number of aliphatic hydroxyl groups is 1. The number of imidazole rings is 1. The summed E-state index contributed by atoms with van der Waals surface area (Å²) >= 11 is 0. The summed E-state index contributed by atoms with van der Waals surface area (Å²) in [7, 11) is 0. The molecule has 0 unspecified atom stereocenters. The van der Waals surface area contributed by atoms with E-state index in [1.165, 1.54) is 0 Å². The monoisotopic (exact) mass is 382 g/mol. The van der Waals surface area contributed by atoms with Gasteiger partial charge in [0.2, 0.25) is 0 Å². The van der Waals surface area contributed by atoms with Crippen LogP contribution in [0.4, 0.5) is 0 Å². The van der Waals surface area contributed by atoms with Gasteiger partial charge in [0.1, 0.15) is 0 Å². The summed E-state index contributed by atoms with van der Waals surface area (Å²) in [6.07, 6.45) is 3.97. The van der Waals surface area contributed by atoms with Crippen LogP contribution in [0.3, 0.4) is 0 Å². The third-order valence-electron chi connectivity index (χ3n) is 5.43. The second-order valence-corrected chi connectivity index (χ2v) is 8.03. The molecular formula is C21H26N4O3. The molecule has 3 aromatic rings. The van der Waals surface area contributed by atoms with Gasteiger partial charge in [0.05, 0.1) is 17.0 Å². The zero-order valence-electron chi connectivity index (χ0n) is 16.3. The standard InChI is InChI=1S/C21H26N4O3/c1-21(2,27)15-6-4-14(5-7-15)17-16(8-3-13-9-11-28-12-10-13)22-18-19(23-17)25-20(26)24-18/h4-7,13,27H,3,8-12H2,1-2H3,(H2,22,23,24,25,26).